The fourth-order valence-electron chi connectivity index (χ4n) is 2.98. The molecule has 22 heavy (non-hydrogen) atoms. The van der Waals surface area contributed by atoms with Crippen LogP contribution in [0.2, 0.25) is 0 Å². The number of carbonyl (C=O) groups excluding carboxylic acids is 1. The SMILES string of the molecule is CCn1cc(C(=O)N2C[C@@H](CO)[C@H](c3ccccn3)C2)cn1. The first kappa shape index (κ1) is 14.7. The van der Waals surface area contributed by atoms with Crippen molar-refractivity contribution in [3.8, 4) is 0 Å². The fourth-order valence-corrected chi connectivity index (χ4v) is 2.98. The van der Waals surface area contributed by atoms with Crippen LogP contribution in [-0.2, 0) is 6.54 Å². The Morgan fingerprint density at radius 2 is 2.27 bits per heavy atom. The number of aliphatic hydroxyl groups is 1. The highest BCUT2D eigenvalue weighted by Crippen LogP contribution is 2.31. The number of rotatable bonds is 4. The van der Waals surface area contributed by atoms with E-state index in [2.05, 4.69) is 10.1 Å². The Balaban J connectivity index is 1.77. The zero-order valence-electron chi connectivity index (χ0n) is 12.6. The van der Waals surface area contributed by atoms with Crippen LogP contribution in [0.5, 0.6) is 0 Å². The Hall–Kier alpha value is -2.21. The van der Waals surface area contributed by atoms with Crippen LogP contribution in [0.15, 0.2) is 36.8 Å². The van der Waals surface area contributed by atoms with Crippen molar-refractivity contribution in [2.45, 2.75) is 19.4 Å². The van der Waals surface area contributed by atoms with Crippen LogP contribution in [0.25, 0.3) is 0 Å². The van der Waals surface area contributed by atoms with E-state index in [1.54, 1.807) is 28.2 Å². The van der Waals surface area contributed by atoms with E-state index in [0.717, 1.165) is 12.2 Å². The van der Waals surface area contributed by atoms with Crippen molar-refractivity contribution in [3.05, 3.63) is 48.0 Å². The highest BCUT2D eigenvalue weighted by atomic mass is 16.3. The van der Waals surface area contributed by atoms with Crippen LogP contribution in [0, 0.1) is 5.92 Å². The number of amides is 1. The molecule has 0 spiro atoms. The average Bonchev–Trinajstić information content (AvgIpc) is 3.21. The number of nitrogens with zero attached hydrogens (tertiary/aromatic N) is 4. The van der Waals surface area contributed by atoms with Crippen LogP contribution in [-0.4, -0.2) is 50.4 Å². The molecule has 116 valence electrons. The van der Waals surface area contributed by atoms with Crippen molar-refractivity contribution < 1.29 is 9.90 Å². The third-order valence-electron chi connectivity index (χ3n) is 4.23. The van der Waals surface area contributed by atoms with E-state index >= 15 is 0 Å². The highest BCUT2D eigenvalue weighted by molar-refractivity contribution is 5.94. The Labute approximate surface area is 129 Å². The number of aliphatic hydroxyl groups excluding tert-OH is 1. The van der Waals surface area contributed by atoms with E-state index in [4.69, 9.17) is 0 Å². The molecule has 0 saturated carbocycles. The molecule has 1 saturated heterocycles. The van der Waals surface area contributed by atoms with Crippen LogP contribution in [0.4, 0.5) is 0 Å². The van der Waals surface area contributed by atoms with E-state index in [-0.39, 0.29) is 24.3 Å². The summed E-state index contributed by atoms with van der Waals surface area (Å²) in [6.07, 6.45) is 5.12. The number of aryl methyl sites for hydroxylation is 1. The topological polar surface area (TPSA) is 71.2 Å². The minimum Gasteiger partial charge on any atom is -0.396 e. The van der Waals surface area contributed by atoms with Crippen molar-refractivity contribution in [1.82, 2.24) is 19.7 Å². The molecule has 0 aromatic carbocycles. The Kier molecular flexibility index (Phi) is 4.20. The molecule has 2 aromatic heterocycles. The standard InChI is InChI=1S/C16H20N4O2/c1-2-20-9-12(7-18-20)16(22)19-8-13(11-21)14(10-19)15-5-3-4-6-17-15/h3-7,9,13-14,21H,2,8,10-11H2,1H3/t13-,14+/m0/s1. The highest BCUT2D eigenvalue weighted by Gasteiger charge is 2.37. The fraction of sp³-hybridized carbons (Fsp3) is 0.438. The molecule has 1 aliphatic heterocycles. The van der Waals surface area contributed by atoms with Crippen LogP contribution in [0.3, 0.4) is 0 Å². The Morgan fingerprint density at radius 3 is 2.91 bits per heavy atom. The predicted molar refractivity (Wildman–Crippen MR) is 81.4 cm³/mol. The number of carbonyl (C=O) groups is 1. The summed E-state index contributed by atoms with van der Waals surface area (Å²) in [4.78, 5) is 18.8. The minimum absolute atomic E-state index is 0.0278. The lowest BCUT2D eigenvalue weighted by Crippen LogP contribution is -2.29. The van der Waals surface area contributed by atoms with Crippen molar-refractivity contribution in [1.29, 1.82) is 0 Å². The van der Waals surface area contributed by atoms with E-state index in [9.17, 15) is 9.90 Å². The van der Waals surface area contributed by atoms with Gasteiger partial charge >= 0.3 is 0 Å². The third kappa shape index (κ3) is 2.74. The van der Waals surface area contributed by atoms with Gasteiger partial charge in [0.25, 0.3) is 5.91 Å². The summed E-state index contributed by atoms with van der Waals surface area (Å²) in [5.74, 6) is 0.0769. The maximum absolute atomic E-state index is 12.6. The summed E-state index contributed by atoms with van der Waals surface area (Å²) in [7, 11) is 0. The Morgan fingerprint density at radius 1 is 1.41 bits per heavy atom. The number of pyridine rings is 1. The second-order valence-electron chi connectivity index (χ2n) is 5.60. The number of likely N-dealkylation sites (tertiary alicyclic amines) is 1. The van der Waals surface area contributed by atoms with Gasteiger partial charge in [-0.1, -0.05) is 6.07 Å². The first-order valence-corrected chi connectivity index (χ1v) is 7.56. The van der Waals surface area contributed by atoms with Gasteiger partial charge in [-0.2, -0.15) is 5.10 Å². The molecule has 6 nitrogen and oxygen atoms in total. The summed E-state index contributed by atoms with van der Waals surface area (Å²) in [5.41, 5.74) is 1.53. The first-order chi connectivity index (χ1) is 10.7. The second-order valence-corrected chi connectivity index (χ2v) is 5.60. The summed E-state index contributed by atoms with van der Waals surface area (Å²) in [5, 5.41) is 13.8. The van der Waals surface area contributed by atoms with Crippen LogP contribution >= 0.6 is 0 Å². The van der Waals surface area contributed by atoms with Gasteiger partial charge in [-0.15, -0.1) is 0 Å². The molecule has 6 heteroatoms. The van der Waals surface area contributed by atoms with Gasteiger partial charge in [-0.25, -0.2) is 0 Å². The van der Waals surface area contributed by atoms with E-state index in [1.807, 2.05) is 25.1 Å². The third-order valence-corrected chi connectivity index (χ3v) is 4.23. The lowest BCUT2D eigenvalue weighted by atomic mass is 9.93. The zero-order valence-corrected chi connectivity index (χ0v) is 12.6. The number of hydrogen-bond acceptors (Lipinski definition) is 4. The van der Waals surface area contributed by atoms with Gasteiger partial charge in [-0.05, 0) is 19.1 Å². The van der Waals surface area contributed by atoms with Crippen LogP contribution in [0.1, 0.15) is 28.9 Å². The van der Waals surface area contributed by atoms with Gasteiger partial charge in [0.05, 0.1) is 11.8 Å². The molecule has 2 atom stereocenters. The lowest BCUT2D eigenvalue weighted by Gasteiger charge is -2.15. The smallest absolute Gasteiger partial charge is 0.257 e. The molecule has 1 aliphatic rings. The summed E-state index contributed by atoms with van der Waals surface area (Å²) >= 11 is 0. The van der Waals surface area contributed by atoms with Gasteiger partial charge < -0.3 is 10.0 Å². The summed E-state index contributed by atoms with van der Waals surface area (Å²) in [6.45, 7) is 3.91. The van der Waals surface area contributed by atoms with Gasteiger partial charge in [0.2, 0.25) is 0 Å². The maximum Gasteiger partial charge on any atom is 0.257 e. The maximum atomic E-state index is 12.6. The zero-order chi connectivity index (χ0) is 15.5. The monoisotopic (exact) mass is 300 g/mol. The van der Waals surface area contributed by atoms with Gasteiger partial charge in [0.15, 0.2) is 0 Å². The molecular weight excluding hydrogens is 280 g/mol. The molecule has 0 radical (unpaired) electrons. The molecule has 3 heterocycles. The number of aromatic nitrogens is 3. The molecule has 3 rings (SSSR count). The molecular formula is C16H20N4O2. The molecule has 1 N–H and O–H groups in total. The van der Waals surface area contributed by atoms with Gasteiger partial charge in [0, 0.05) is 56.2 Å². The van der Waals surface area contributed by atoms with Crippen molar-refractivity contribution in [2.75, 3.05) is 19.7 Å². The average molecular weight is 300 g/mol. The van der Waals surface area contributed by atoms with E-state index in [0.29, 0.717) is 18.7 Å². The largest absolute Gasteiger partial charge is 0.396 e. The molecule has 0 unspecified atom stereocenters. The lowest BCUT2D eigenvalue weighted by molar-refractivity contribution is 0.0781. The Bertz CT molecular complexity index is 641. The van der Waals surface area contributed by atoms with Gasteiger partial charge in [0.1, 0.15) is 0 Å². The van der Waals surface area contributed by atoms with Crippen molar-refractivity contribution >= 4 is 5.91 Å². The van der Waals surface area contributed by atoms with Crippen LogP contribution < -0.4 is 0 Å². The van der Waals surface area contributed by atoms with E-state index in [1.165, 1.54) is 0 Å². The van der Waals surface area contributed by atoms with E-state index < -0.39 is 0 Å². The minimum atomic E-state index is -0.0309. The molecule has 0 bridgehead atoms. The molecule has 1 amide bonds. The summed E-state index contributed by atoms with van der Waals surface area (Å²) < 4.78 is 1.74. The van der Waals surface area contributed by atoms with Crippen molar-refractivity contribution in [3.63, 3.8) is 0 Å². The molecule has 0 aliphatic carbocycles. The quantitative estimate of drug-likeness (QED) is 0.919. The second kappa shape index (κ2) is 6.27. The predicted octanol–water partition coefficient (Wildman–Crippen LogP) is 1.15. The van der Waals surface area contributed by atoms with Gasteiger partial charge in [-0.3, -0.25) is 14.5 Å². The molecule has 1 fully saturated rings. The normalized spacial score (nSPS) is 21.3. The molecule has 2 aromatic rings. The van der Waals surface area contributed by atoms with Crippen molar-refractivity contribution in [2.24, 2.45) is 5.92 Å². The number of hydrogen-bond donors (Lipinski definition) is 1. The summed E-state index contributed by atoms with van der Waals surface area (Å²) in [6, 6.07) is 5.76. The first-order valence-electron chi connectivity index (χ1n) is 7.56.